The lowest BCUT2D eigenvalue weighted by molar-refractivity contribution is 0.111. The molecule has 3 nitrogen and oxygen atoms in total. The first kappa shape index (κ1) is 13.3. The van der Waals surface area contributed by atoms with Gasteiger partial charge >= 0.3 is 0 Å². The van der Waals surface area contributed by atoms with Crippen molar-refractivity contribution in [2.75, 3.05) is 11.9 Å². The quantitative estimate of drug-likeness (QED) is 0.862. The highest BCUT2D eigenvalue weighted by Gasteiger charge is 2.19. The number of hydrogen-bond donors (Lipinski definition) is 2. The van der Waals surface area contributed by atoms with Crippen molar-refractivity contribution < 1.29 is 5.11 Å². The van der Waals surface area contributed by atoms with Gasteiger partial charge in [0.15, 0.2) is 0 Å². The average molecular weight is 364 g/mol. The number of aromatic nitrogens is 1. The van der Waals surface area contributed by atoms with Crippen molar-refractivity contribution in [3.05, 3.63) is 21.2 Å². The smallest absolute Gasteiger partial charge is 0.140 e. The van der Waals surface area contributed by atoms with E-state index in [1.165, 1.54) is 0 Å². The van der Waals surface area contributed by atoms with Crippen molar-refractivity contribution in [1.29, 1.82) is 0 Å². The van der Waals surface area contributed by atoms with E-state index in [2.05, 4.69) is 42.2 Å². The normalized spacial score (nSPS) is 24.6. The number of anilines is 1. The molecule has 0 saturated heterocycles. The first-order chi connectivity index (χ1) is 8.15. The zero-order valence-electron chi connectivity index (χ0n) is 9.50. The van der Waals surface area contributed by atoms with Crippen LogP contribution in [0.2, 0.25) is 0 Å². The number of nitrogens with zero attached hydrogens (tertiary/aromatic N) is 1. The summed E-state index contributed by atoms with van der Waals surface area (Å²) in [6, 6.07) is 1.99. The minimum atomic E-state index is -0.0798. The van der Waals surface area contributed by atoms with Crippen LogP contribution in [0.25, 0.3) is 0 Å². The van der Waals surface area contributed by atoms with Gasteiger partial charge in [-0.25, -0.2) is 4.98 Å². The SMILES string of the molecule is OC1CCC(CNc2ncc(Br)cc2Br)CC1. The Bertz CT molecular complexity index is 379. The molecule has 0 radical (unpaired) electrons. The molecule has 94 valence electrons. The summed E-state index contributed by atoms with van der Waals surface area (Å²) in [5.41, 5.74) is 0. The van der Waals surface area contributed by atoms with Crippen molar-refractivity contribution >= 4 is 37.7 Å². The number of aliphatic hydroxyl groups is 1. The van der Waals surface area contributed by atoms with Gasteiger partial charge in [-0.05, 0) is 69.5 Å². The third-order valence-corrected chi connectivity index (χ3v) is 4.22. The van der Waals surface area contributed by atoms with E-state index in [4.69, 9.17) is 0 Å². The fraction of sp³-hybridized carbons (Fsp3) is 0.583. The van der Waals surface area contributed by atoms with Gasteiger partial charge in [-0.1, -0.05) is 0 Å². The summed E-state index contributed by atoms with van der Waals surface area (Å²) in [4.78, 5) is 4.32. The maximum atomic E-state index is 9.44. The number of nitrogens with one attached hydrogen (secondary N) is 1. The van der Waals surface area contributed by atoms with Crippen LogP contribution in [-0.2, 0) is 0 Å². The summed E-state index contributed by atoms with van der Waals surface area (Å²) in [6.07, 6.45) is 5.77. The first-order valence-corrected chi connectivity index (χ1v) is 7.46. The van der Waals surface area contributed by atoms with E-state index in [1.54, 1.807) is 6.20 Å². The molecule has 1 aromatic heterocycles. The monoisotopic (exact) mass is 362 g/mol. The van der Waals surface area contributed by atoms with Crippen molar-refractivity contribution in [2.24, 2.45) is 5.92 Å². The highest BCUT2D eigenvalue weighted by Crippen LogP contribution is 2.27. The molecule has 1 aromatic rings. The molecule has 0 aromatic carbocycles. The minimum Gasteiger partial charge on any atom is -0.393 e. The van der Waals surface area contributed by atoms with E-state index in [0.717, 1.165) is 47.0 Å². The summed E-state index contributed by atoms with van der Waals surface area (Å²) >= 11 is 6.87. The number of aliphatic hydroxyl groups excluding tert-OH is 1. The minimum absolute atomic E-state index is 0.0798. The lowest BCUT2D eigenvalue weighted by Gasteiger charge is -2.25. The molecule has 0 atom stereocenters. The Hall–Kier alpha value is -0.130. The van der Waals surface area contributed by atoms with Crippen LogP contribution >= 0.6 is 31.9 Å². The maximum Gasteiger partial charge on any atom is 0.140 e. The summed E-state index contributed by atoms with van der Waals surface area (Å²) in [6.45, 7) is 0.931. The second-order valence-corrected chi connectivity index (χ2v) is 6.31. The Kier molecular flexibility index (Phi) is 4.82. The third-order valence-electron chi connectivity index (χ3n) is 3.18. The predicted molar refractivity (Wildman–Crippen MR) is 76.1 cm³/mol. The van der Waals surface area contributed by atoms with Gasteiger partial charge in [-0.15, -0.1) is 0 Å². The van der Waals surface area contributed by atoms with Crippen molar-refractivity contribution in [3.8, 4) is 0 Å². The van der Waals surface area contributed by atoms with Crippen molar-refractivity contribution in [3.63, 3.8) is 0 Å². The summed E-state index contributed by atoms with van der Waals surface area (Å²) < 4.78 is 1.94. The van der Waals surface area contributed by atoms with E-state index >= 15 is 0 Å². The molecule has 2 N–H and O–H groups in total. The molecule has 2 rings (SSSR count). The van der Waals surface area contributed by atoms with Gasteiger partial charge in [0, 0.05) is 17.2 Å². The van der Waals surface area contributed by atoms with Gasteiger partial charge in [0.25, 0.3) is 0 Å². The number of rotatable bonds is 3. The number of hydrogen-bond acceptors (Lipinski definition) is 3. The maximum absolute atomic E-state index is 9.44. The van der Waals surface area contributed by atoms with Crippen LogP contribution in [-0.4, -0.2) is 22.7 Å². The highest BCUT2D eigenvalue weighted by molar-refractivity contribution is 9.11. The molecule has 1 saturated carbocycles. The Labute approximate surface area is 118 Å². The molecule has 1 aliphatic rings. The second kappa shape index (κ2) is 6.16. The molecule has 17 heavy (non-hydrogen) atoms. The summed E-state index contributed by atoms with van der Waals surface area (Å²) in [5, 5.41) is 12.8. The van der Waals surface area contributed by atoms with E-state index in [-0.39, 0.29) is 6.10 Å². The zero-order chi connectivity index (χ0) is 12.3. The average Bonchev–Trinajstić information content (AvgIpc) is 2.30. The molecule has 0 unspecified atom stereocenters. The van der Waals surface area contributed by atoms with Gasteiger partial charge in [0.1, 0.15) is 5.82 Å². The number of halogens is 2. The predicted octanol–water partition coefficient (Wildman–Crippen LogP) is 3.57. The highest BCUT2D eigenvalue weighted by atomic mass is 79.9. The van der Waals surface area contributed by atoms with Gasteiger partial charge in [-0.2, -0.15) is 0 Å². The molecule has 0 spiro atoms. The molecule has 1 heterocycles. The standard InChI is InChI=1S/C12H16Br2N2O/c13-9-5-11(14)12(16-7-9)15-6-8-1-3-10(17)4-2-8/h5,7-8,10,17H,1-4,6H2,(H,15,16). The van der Waals surface area contributed by atoms with Crippen molar-refractivity contribution in [1.82, 2.24) is 4.98 Å². The van der Waals surface area contributed by atoms with Crippen LogP contribution in [0.4, 0.5) is 5.82 Å². The largest absolute Gasteiger partial charge is 0.393 e. The van der Waals surface area contributed by atoms with Crippen LogP contribution in [0, 0.1) is 5.92 Å². The van der Waals surface area contributed by atoms with E-state index in [0.29, 0.717) is 5.92 Å². The van der Waals surface area contributed by atoms with Gasteiger partial charge in [0.05, 0.1) is 10.6 Å². The molecule has 1 fully saturated rings. The Balaban J connectivity index is 1.85. The molecule has 5 heteroatoms. The fourth-order valence-electron chi connectivity index (χ4n) is 2.13. The fourth-order valence-corrected chi connectivity index (χ4v) is 3.26. The van der Waals surface area contributed by atoms with Crippen LogP contribution in [0.5, 0.6) is 0 Å². The zero-order valence-corrected chi connectivity index (χ0v) is 12.7. The van der Waals surface area contributed by atoms with Crippen LogP contribution in [0.3, 0.4) is 0 Å². The Morgan fingerprint density at radius 1 is 1.29 bits per heavy atom. The van der Waals surface area contributed by atoms with Crippen LogP contribution in [0.15, 0.2) is 21.2 Å². The van der Waals surface area contributed by atoms with E-state index < -0.39 is 0 Å². The molecule has 0 aliphatic heterocycles. The molecular weight excluding hydrogens is 348 g/mol. The third kappa shape index (κ3) is 3.93. The van der Waals surface area contributed by atoms with Gasteiger partial charge in [0.2, 0.25) is 0 Å². The Morgan fingerprint density at radius 2 is 2.00 bits per heavy atom. The lowest BCUT2D eigenvalue weighted by atomic mass is 9.87. The van der Waals surface area contributed by atoms with Gasteiger partial charge in [-0.3, -0.25) is 0 Å². The summed E-state index contributed by atoms with van der Waals surface area (Å²) in [5.74, 6) is 1.54. The molecular formula is C12H16Br2N2O. The van der Waals surface area contributed by atoms with E-state index in [1.807, 2.05) is 6.07 Å². The van der Waals surface area contributed by atoms with Gasteiger partial charge < -0.3 is 10.4 Å². The molecule has 0 bridgehead atoms. The topological polar surface area (TPSA) is 45.1 Å². The van der Waals surface area contributed by atoms with Crippen molar-refractivity contribution in [2.45, 2.75) is 31.8 Å². The van der Waals surface area contributed by atoms with Crippen LogP contribution < -0.4 is 5.32 Å². The lowest BCUT2D eigenvalue weighted by Crippen LogP contribution is -2.23. The Morgan fingerprint density at radius 3 is 2.65 bits per heavy atom. The molecule has 0 amide bonds. The molecule has 1 aliphatic carbocycles. The second-order valence-electron chi connectivity index (χ2n) is 4.54. The summed E-state index contributed by atoms with van der Waals surface area (Å²) in [7, 11) is 0. The first-order valence-electron chi connectivity index (χ1n) is 5.88. The van der Waals surface area contributed by atoms with Crippen LogP contribution in [0.1, 0.15) is 25.7 Å². The van der Waals surface area contributed by atoms with E-state index in [9.17, 15) is 5.11 Å². The number of pyridine rings is 1.